The van der Waals surface area contributed by atoms with E-state index in [0.717, 1.165) is 12.0 Å². The molecule has 1 saturated carbocycles. The number of nitrogens with two attached hydrogens (primary N) is 1. The number of rotatable bonds is 1. The maximum atomic E-state index is 14.3. The molecule has 2 aromatic rings. The van der Waals surface area contributed by atoms with E-state index in [2.05, 4.69) is 11.9 Å². The van der Waals surface area contributed by atoms with Crippen LogP contribution in [0.3, 0.4) is 0 Å². The Morgan fingerprint density at radius 2 is 2.14 bits per heavy atom. The predicted octanol–water partition coefficient (Wildman–Crippen LogP) is 2.74. The Labute approximate surface area is 162 Å². The van der Waals surface area contributed by atoms with Gasteiger partial charge in [0, 0.05) is 22.7 Å². The van der Waals surface area contributed by atoms with Gasteiger partial charge in [0.15, 0.2) is 0 Å². The Morgan fingerprint density at radius 1 is 1.29 bits per heavy atom. The molecule has 146 valence electrons. The first kappa shape index (κ1) is 17.4. The first-order chi connectivity index (χ1) is 13.4. The highest BCUT2D eigenvalue weighted by atomic mass is 19.1. The Hall–Kier alpha value is -2.67. The molecule has 0 radical (unpaired) electrons. The van der Waals surface area contributed by atoms with Crippen LogP contribution in [0.5, 0.6) is 5.75 Å². The van der Waals surface area contributed by atoms with Crippen molar-refractivity contribution in [3.8, 4) is 16.9 Å². The summed E-state index contributed by atoms with van der Waals surface area (Å²) in [5.41, 5.74) is 6.56. The van der Waals surface area contributed by atoms with E-state index in [1.54, 1.807) is 12.1 Å². The van der Waals surface area contributed by atoms with Crippen molar-refractivity contribution in [2.45, 2.75) is 43.9 Å². The van der Waals surface area contributed by atoms with Gasteiger partial charge in [0.2, 0.25) is 5.95 Å². The van der Waals surface area contributed by atoms with E-state index in [1.165, 1.54) is 6.20 Å². The Balaban J connectivity index is 1.72. The molecule has 5 rings (SSSR count). The minimum Gasteiger partial charge on any atom is -0.489 e. The number of aliphatic hydroxyl groups is 1. The average molecular weight is 383 g/mol. The summed E-state index contributed by atoms with van der Waals surface area (Å²) in [5.74, 6) is 0.171. The second-order valence-corrected chi connectivity index (χ2v) is 8.11. The van der Waals surface area contributed by atoms with Gasteiger partial charge in [-0.3, -0.25) is 0 Å². The second kappa shape index (κ2) is 5.91. The maximum absolute atomic E-state index is 14.3. The number of nitrogens with zero attached hydrogens (tertiary/aromatic N) is 2. The van der Waals surface area contributed by atoms with Crippen LogP contribution in [-0.2, 0) is 10.3 Å². The third kappa shape index (κ3) is 2.29. The van der Waals surface area contributed by atoms with Gasteiger partial charge in [-0.1, -0.05) is 13.0 Å². The fraction of sp³-hybridized carbons (Fsp3) is 0.429. The predicted molar refractivity (Wildman–Crippen MR) is 101 cm³/mol. The quantitative estimate of drug-likeness (QED) is 0.739. The molecular weight excluding hydrogens is 361 g/mol. The van der Waals surface area contributed by atoms with Crippen LogP contribution in [-0.4, -0.2) is 34.9 Å². The molecule has 3 N–H and O–H groups in total. The minimum absolute atomic E-state index is 0.109. The van der Waals surface area contributed by atoms with E-state index in [-0.39, 0.29) is 18.7 Å². The summed E-state index contributed by atoms with van der Waals surface area (Å²) in [4.78, 5) is 8.49. The molecule has 0 bridgehead atoms. The highest BCUT2D eigenvalue weighted by molar-refractivity contribution is 5.76. The van der Waals surface area contributed by atoms with Crippen molar-refractivity contribution in [3.05, 3.63) is 48.0 Å². The number of hydrogen-bond acceptors (Lipinski definition) is 6. The van der Waals surface area contributed by atoms with Crippen molar-refractivity contribution in [2.75, 3.05) is 6.61 Å². The van der Waals surface area contributed by atoms with Gasteiger partial charge in [-0.2, -0.15) is 4.39 Å². The van der Waals surface area contributed by atoms with Crippen LogP contribution in [0.15, 0.2) is 41.5 Å². The molecule has 1 aliphatic carbocycles. The van der Waals surface area contributed by atoms with Crippen LogP contribution in [0.1, 0.15) is 31.7 Å². The standard InChI is InChI=1S/C21H22FN3O3/c1-20-10-13(26)5-7-17(20)28-16-6-4-12(14-3-2-8-24-18(14)22)9-15(16)21(20)11-27-19(23)25-21/h2-4,6,8-9,13,17,26H,5,7,10-11H2,1H3,(H2,23,25). The van der Waals surface area contributed by atoms with Crippen molar-refractivity contribution in [1.29, 1.82) is 0 Å². The summed E-state index contributed by atoms with van der Waals surface area (Å²) in [5, 5.41) is 10.4. The average Bonchev–Trinajstić information content (AvgIpc) is 3.07. The molecule has 0 saturated heterocycles. The van der Waals surface area contributed by atoms with Gasteiger partial charge >= 0.3 is 0 Å². The van der Waals surface area contributed by atoms with E-state index in [4.69, 9.17) is 20.2 Å². The third-order valence-corrected chi connectivity index (χ3v) is 6.57. The number of hydrogen-bond donors (Lipinski definition) is 2. The summed E-state index contributed by atoms with van der Waals surface area (Å²) in [6.45, 7) is 2.35. The zero-order valence-electron chi connectivity index (χ0n) is 15.6. The summed E-state index contributed by atoms with van der Waals surface area (Å²) in [6, 6.07) is 9.10. The normalized spacial score (nSPS) is 33.5. The molecule has 4 atom stereocenters. The first-order valence-electron chi connectivity index (χ1n) is 9.51. The highest BCUT2D eigenvalue weighted by Crippen LogP contribution is 2.60. The van der Waals surface area contributed by atoms with Crippen molar-refractivity contribution in [1.82, 2.24) is 4.98 Å². The summed E-state index contributed by atoms with van der Waals surface area (Å²) in [6.07, 6.45) is 2.83. The van der Waals surface area contributed by atoms with Crippen LogP contribution in [0.2, 0.25) is 0 Å². The van der Waals surface area contributed by atoms with Crippen LogP contribution >= 0.6 is 0 Å². The molecule has 2 aliphatic heterocycles. The summed E-state index contributed by atoms with van der Waals surface area (Å²) >= 11 is 0. The van der Waals surface area contributed by atoms with Crippen LogP contribution in [0.25, 0.3) is 11.1 Å². The zero-order chi connectivity index (χ0) is 19.5. The van der Waals surface area contributed by atoms with Crippen LogP contribution in [0, 0.1) is 11.4 Å². The molecule has 28 heavy (non-hydrogen) atoms. The second-order valence-electron chi connectivity index (χ2n) is 8.11. The number of ether oxygens (including phenoxy) is 2. The lowest BCUT2D eigenvalue weighted by Crippen LogP contribution is -2.59. The molecule has 1 aromatic carbocycles. The molecule has 6 nitrogen and oxygen atoms in total. The van der Waals surface area contributed by atoms with E-state index in [0.29, 0.717) is 29.7 Å². The number of halogens is 1. The number of aromatic nitrogens is 1. The molecule has 1 aromatic heterocycles. The first-order valence-corrected chi connectivity index (χ1v) is 9.51. The number of amidine groups is 1. The summed E-state index contributed by atoms with van der Waals surface area (Å²) < 4.78 is 26.3. The molecule has 3 heterocycles. The number of pyridine rings is 1. The Morgan fingerprint density at radius 3 is 2.89 bits per heavy atom. The number of benzene rings is 1. The van der Waals surface area contributed by atoms with Crippen LogP contribution in [0.4, 0.5) is 4.39 Å². The van der Waals surface area contributed by atoms with Gasteiger partial charge in [0.1, 0.15) is 24.0 Å². The molecule has 7 heteroatoms. The smallest absolute Gasteiger partial charge is 0.283 e. The number of aliphatic imine (C=N–C) groups is 1. The fourth-order valence-corrected chi connectivity index (χ4v) is 5.06. The minimum atomic E-state index is -0.786. The van der Waals surface area contributed by atoms with Gasteiger partial charge in [-0.15, -0.1) is 0 Å². The van der Waals surface area contributed by atoms with Gasteiger partial charge in [-0.05, 0) is 49.1 Å². The van der Waals surface area contributed by atoms with Gasteiger partial charge < -0.3 is 20.3 Å². The zero-order valence-corrected chi connectivity index (χ0v) is 15.6. The third-order valence-electron chi connectivity index (χ3n) is 6.57. The SMILES string of the molecule is CC12CC(O)CCC1Oc1ccc(-c3cccnc3F)cc1C21COC(N)=N1. The molecule has 3 aliphatic rings. The number of fused-ring (bicyclic) bond motifs is 4. The Kier molecular flexibility index (Phi) is 3.68. The monoisotopic (exact) mass is 383 g/mol. The van der Waals surface area contributed by atoms with Crippen molar-refractivity contribution >= 4 is 6.02 Å². The molecular formula is C21H22FN3O3. The highest BCUT2D eigenvalue weighted by Gasteiger charge is 2.63. The molecule has 1 spiro atoms. The molecule has 1 fully saturated rings. The van der Waals surface area contributed by atoms with Crippen molar-refractivity contribution < 1.29 is 19.0 Å². The molecule has 0 amide bonds. The Bertz CT molecular complexity index is 981. The van der Waals surface area contributed by atoms with E-state index < -0.39 is 23.0 Å². The largest absolute Gasteiger partial charge is 0.489 e. The number of aliphatic hydroxyl groups excluding tert-OH is 1. The topological polar surface area (TPSA) is 90.0 Å². The van der Waals surface area contributed by atoms with Gasteiger partial charge in [-0.25, -0.2) is 9.98 Å². The fourth-order valence-electron chi connectivity index (χ4n) is 5.06. The van der Waals surface area contributed by atoms with E-state index in [1.807, 2.05) is 18.2 Å². The van der Waals surface area contributed by atoms with Gasteiger partial charge in [0.05, 0.1) is 6.10 Å². The lowest BCUT2D eigenvalue weighted by atomic mass is 9.57. The van der Waals surface area contributed by atoms with Gasteiger partial charge in [0.25, 0.3) is 6.02 Å². The van der Waals surface area contributed by atoms with E-state index in [9.17, 15) is 9.50 Å². The molecule has 4 unspecified atom stereocenters. The van der Waals surface area contributed by atoms with E-state index >= 15 is 0 Å². The van der Waals surface area contributed by atoms with Crippen LogP contribution < -0.4 is 10.5 Å². The lowest BCUT2D eigenvalue weighted by Gasteiger charge is -2.54. The summed E-state index contributed by atoms with van der Waals surface area (Å²) in [7, 11) is 0. The van der Waals surface area contributed by atoms with Crippen molar-refractivity contribution in [2.24, 2.45) is 16.1 Å². The lowest BCUT2D eigenvalue weighted by molar-refractivity contribution is -0.101. The van der Waals surface area contributed by atoms with Crippen molar-refractivity contribution in [3.63, 3.8) is 0 Å². The maximum Gasteiger partial charge on any atom is 0.283 e.